The van der Waals surface area contributed by atoms with Crippen molar-refractivity contribution in [1.82, 2.24) is 4.90 Å². The van der Waals surface area contributed by atoms with Crippen molar-refractivity contribution in [1.29, 1.82) is 0 Å². The fraction of sp³-hybridized carbons (Fsp3) is 0.429. The van der Waals surface area contributed by atoms with Gasteiger partial charge in [-0.2, -0.15) is 0 Å². The summed E-state index contributed by atoms with van der Waals surface area (Å²) in [6.07, 6.45) is 1.69. The summed E-state index contributed by atoms with van der Waals surface area (Å²) in [4.78, 5) is 24.8. The minimum atomic E-state index is -1.09. The number of benzene rings is 1. The number of hydrogen-bond donors (Lipinski definition) is 1. The zero-order chi connectivity index (χ0) is 14.0. The standard InChI is InChI=1S/C14H16ClNO3/c1-9(14(18)19)13(17)16-8-4-7-12(16)10-5-2-3-6-11(10)15/h2-3,5-6,9,12H,4,7-8H2,1H3,(H,18,19). The number of aliphatic carboxylic acids is 1. The molecule has 1 fully saturated rings. The maximum absolute atomic E-state index is 12.2. The highest BCUT2D eigenvalue weighted by molar-refractivity contribution is 6.31. The SMILES string of the molecule is CC(C(=O)O)C(=O)N1CCCC1c1ccccc1Cl. The molecule has 1 aromatic rings. The van der Waals surface area contributed by atoms with Crippen molar-refractivity contribution in [3.05, 3.63) is 34.9 Å². The summed E-state index contributed by atoms with van der Waals surface area (Å²) in [6, 6.07) is 7.29. The third-order valence-electron chi connectivity index (χ3n) is 3.54. The number of carbonyl (C=O) groups is 2. The fourth-order valence-electron chi connectivity index (χ4n) is 2.45. The maximum atomic E-state index is 12.2. The summed E-state index contributed by atoms with van der Waals surface area (Å²) in [5, 5.41) is 9.57. The molecule has 1 amide bonds. The molecule has 0 spiro atoms. The van der Waals surface area contributed by atoms with E-state index in [4.69, 9.17) is 16.7 Å². The molecule has 1 aliphatic heterocycles. The van der Waals surface area contributed by atoms with E-state index >= 15 is 0 Å². The lowest BCUT2D eigenvalue weighted by Crippen LogP contribution is -2.37. The Morgan fingerprint density at radius 1 is 1.42 bits per heavy atom. The van der Waals surface area contributed by atoms with Gasteiger partial charge >= 0.3 is 5.97 Å². The average molecular weight is 282 g/mol. The second-order valence-electron chi connectivity index (χ2n) is 4.77. The van der Waals surface area contributed by atoms with Crippen molar-refractivity contribution < 1.29 is 14.7 Å². The fourth-order valence-corrected chi connectivity index (χ4v) is 2.72. The van der Waals surface area contributed by atoms with Crippen molar-refractivity contribution in [2.45, 2.75) is 25.8 Å². The minimum Gasteiger partial charge on any atom is -0.481 e. The number of likely N-dealkylation sites (tertiary alicyclic amines) is 1. The van der Waals surface area contributed by atoms with Gasteiger partial charge in [-0.1, -0.05) is 29.8 Å². The zero-order valence-corrected chi connectivity index (χ0v) is 11.4. The van der Waals surface area contributed by atoms with E-state index in [1.165, 1.54) is 6.92 Å². The van der Waals surface area contributed by atoms with Gasteiger partial charge in [-0.15, -0.1) is 0 Å². The summed E-state index contributed by atoms with van der Waals surface area (Å²) in [5.74, 6) is -2.44. The van der Waals surface area contributed by atoms with Crippen LogP contribution < -0.4 is 0 Å². The van der Waals surface area contributed by atoms with Crippen LogP contribution in [-0.4, -0.2) is 28.4 Å². The molecular formula is C14H16ClNO3. The molecule has 0 aliphatic carbocycles. The molecule has 1 aromatic carbocycles. The van der Waals surface area contributed by atoms with E-state index in [0.717, 1.165) is 18.4 Å². The first-order valence-electron chi connectivity index (χ1n) is 6.30. The van der Waals surface area contributed by atoms with Crippen LogP contribution in [0.3, 0.4) is 0 Å². The van der Waals surface area contributed by atoms with Gasteiger partial charge < -0.3 is 10.0 Å². The molecule has 0 bridgehead atoms. The van der Waals surface area contributed by atoms with Crippen molar-refractivity contribution in [2.24, 2.45) is 5.92 Å². The highest BCUT2D eigenvalue weighted by Gasteiger charge is 2.35. The van der Waals surface area contributed by atoms with Crippen molar-refractivity contribution in [2.75, 3.05) is 6.54 Å². The molecule has 1 N–H and O–H groups in total. The molecule has 1 heterocycles. The smallest absolute Gasteiger partial charge is 0.315 e. The summed E-state index contributed by atoms with van der Waals surface area (Å²) in [6.45, 7) is 2.01. The van der Waals surface area contributed by atoms with Crippen LogP contribution in [0.4, 0.5) is 0 Å². The summed E-state index contributed by atoms with van der Waals surface area (Å²) in [7, 11) is 0. The monoisotopic (exact) mass is 281 g/mol. The molecule has 1 saturated heterocycles. The normalized spacial score (nSPS) is 20.3. The van der Waals surface area contributed by atoms with Gasteiger partial charge in [0.25, 0.3) is 0 Å². The lowest BCUT2D eigenvalue weighted by atomic mass is 10.0. The third-order valence-corrected chi connectivity index (χ3v) is 3.89. The molecule has 5 heteroatoms. The Labute approximate surface area is 117 Å². The lowest BCUT2D eigenvalue weighted by molar-refractivity contribution is -0.150. The van der Waals surface area contributed by atoms with Crippen LogP contribution in [0.2, 0.25) is 5.02 Å². The first-order valence-corrected chi connectivity index (χ1v) is 6.68. The highest BCUT2D eigenvalue weighted by atomic mass is 35.5. The van der Waals surface area contributed by atoms with Gasteiger partial charge in [-0.05, 0) is 31.4 Å². The quantitative estimate of drug-likeness (QED) is 0.867. The Balaban J connectivity index is 2.25. The number of halogens is 1. The minimum absolute atomic E-state index is 0.108. The van der Waals surface area contributed by atoms with Crippen LogP contribution in [0.25, 0.3) is 0 Å². The Kier molecular flexibility index (Phi) is 4.10. The summed E-state index contributed by atoms with van der Waals surface area (Å²) < 4.78 is 0. The van der Waals surface area contributed by atoms with E-state index in [9.17, 15) is 9.59 Å². The average Bonchev–Trinajstić information content (AvgIpc) is 2.86. The van der Waals surface area contributed by atoms with E-state index in [2.05, 4.69) is 0 Å². The molecular weight excluding hydrogens is 266 g/mol. The van der Waals surface area contributed by atoms with Crippen LogP contribution in [0, 0.1) is 5.92 Å². The number of rotatable bonds is 3. The first-order chi connectivity index (χ1) is 9.02. The van der Waals surface area contributed by atoms with E-state index in [-0.39, 0.29) is 11.9 Å². The molecule has 0 radical (unpaired) electrons. The highest BCUT2D eigenvalue weighted by Crippen LogP contribution is 2.36. The predicted octanol–water partition coefficient (Wildman–Crippen LogP) is 2.72. The van der Waals surface area contributed by atoms with Crippen LogP contribution >= 0.6 is 11.6 Å². The number of nitrogens with zero attached hydrogens (tertiary/aromatic N) is 1. The van der Waals surface area contributed by atoms with Gasteiger partial charge in [-0.25, -0.2) is 0 Å². The molecule has 2 rings (SSSR count). The second-order valence-corrected chi connectivity index (χ2v) is 5.18. The zero-order valence-electron chi connectivity index (χ0n) is 10.7. The van der Waals surface area contributed by atoms with Crippen LogP contribution in [0.15, 0.2) is 24.3 Å². The van der Waals surface area contributed by atoms with E-state index < -0.39 is 11.9 Å². The van der Waals surface area contributed by atoms with Crippen molar-refractivity contribution in [3.8, 4) is 0 Å². The number of amides is 1. The predicted molar refractivity (Wildman–Crippen MR) is 71.9 cm³/mol. The van der Waals surface area contributed by atoms with Gasteiger partial charge in [0.1, 0.15) is 5.92 Å². The van der Waals surface area contributed by atoms with E-state index in [0.29, 0.717) is 11.6 Å². The molecule has 19 heavy (non-hydrogen) atoms. The number of hydrogen-bond acceptors (Lipinski definition) is 2. The molecule has 0 aromatic heterocycles. The maximum Gasteiger partial charge on any atom is 0.315 e. The topological polar surface area (TPSA) is 57.6 Å². The molecule has 0 saturated carbocycles. The van der Waals surface area contributed by atoms with Crippen LogP contribution in [0.5, 0.6) is 0 Å². The summed E-state index contributed by atoms with van der Waals surface area (Å²) >= 11 is 6.16. The lowest BCUT2D eigenvalue weighted by Gasteiger charge is -2.27. The Morgan fingerprint density at radius 2 is 2.11 bits per heavy atom. The van der Waals surface area contributed by atoms with Crippen molar-refractivity contribution >= 4 is 23.5 Å². The van der Waals surface area contributed by atoms with Gasteiger partial charge in [0.2, 0.25) is 5.91 Å². The molecule has 102 valence electrons. The van der Waals surface area contributed by atoms with E-state index in [1.54, 1.807) is 11.0 Å². The van der Waals surface area contributed by atoms with Crippen molar-refractivity contribution in [3.63, 3.8) is 0 Å². The molecule has 2 atom stereocenters. The second kappa shape index (κ2) is 5.61. The third kappa shape index (κ3) is 2.73. The van der Waals surface area contributed by atoms with Gasteiger partial charge in [0, 0.05) is 11.6 Å². The van der Waals surface area contributed by atoms with Gasteiger partial charge in [0.15, 0.2) is 0 Å². The van der Waals surface area contributed by atoms with E-state index in [1.807, 2.05) is 18.2 Å². The van der Waals surface area contributed by atoms with Gasteiger partial charge in [0.05, 0.1) is 6.04 Å². The molecule has 2 unspecified atom stereocenters. The first kappa shape index (κ1) is 13.9. The Bertz CT molecular complexity index is 503. The number of carboxylic acids is 1. The Hall–Kier alpha value is -1.55. The van der Waals surface area contributed by atoms with Gasteiger partial charge in [-0.3, -0.25) is 9.59 Å². The number of carboxylic acid groups (broad SMARTS) is 1. The van der Waals surface area contributed by atoms with Crippen LogP contribution in [-0.2, 0) is 9.59 Å². The summed E-state index contributed by atoms with van der Waals surface area (Å²) in [5.41, 5.74) is 0.896. The Morgan fingerprint density at radius 3 is 2.74 bits per heavy atom. The molecule has 1 aliphatic rings. The van der Waals surface area contributed by atoms with Crippen LogP contribution in [0.1, 0.15) is 31.4 Å². The molecule has 4 nitrogen and oxygen atoms in total. The number of carbonyl (C=O) groups excluding carboxylic acids is 1. The largest absolute Gasteiger partial charge is 0.481 e.